The largest absolute Gasteiger partial charge is 0.477 e. The van der Waals surface area contributed by atoms with E-state index in [9.17, 15) is 19.7 Å². The lowest BCUT2D eigenvalue weighted by atomic mass is 9.99. The van der Waals surface area contributed by atoms with Crippen LogP contribution in [0.5, 0.6) is 5.75 Å². The fourth-order valence-electron chi connectivity index (χ4n) is 2.83. The highest BCUT2D eigenvalue weighted by Crippen LogP contribution is 2.32. The molecule has 0 atom stereocenters. The molecule has 0 saturated carbocycles. The van der Waals surface area contributed by atoms with Gasteiger partial charge < -0.3 is 19.8 Å². The predicted octanol–water partition coefficient (Wildman–Crippen LogP) is 0.974. The molecule has 0 bridgehead atoms. The van der Waals surface area contributed by atoms with E-state index in [1.807, 2.05) is 0 Å². The highest BCUT2D eigenvalue weighted by Gasteiger charge is 2.34. The maximum atomic E-state index is 12.5. The summed E-state index contributed by atoms with van der Waals surface area (Å²) in [5, 5.41) is 10.9. The summed E-state index contributed by atoms with van der Waals surface area (Å²) < 4.78 is 5.24. The molecule has 2 aliphatic rings. The van der Waals surface area contributed by atoms with E-state index in [1.165, 1.54) is 17.0 Å². The van der Waals surface area contributed by atoms with E-state index in [0.717, 1.165) is 12.8 Å². The number of fused-ring (bicyclic) bond motifs is 1. The summed E-state index contributed by atoms with van der Waals surface area (Å²) in [6, 6.07) is 2.60. The third-order valence-electron chi connectivity index (χ3n) is 4.35. The minimum Gasteiger partial charge on any atom is -0.477 e. The van der Waals surface area contributed by atoms with Crippen molar-refractivity contribution in [3.63, 3.8) is 0 Å². The van der Waals surface area contributed by atoms with Gasteiger partial charge in [-0.05, 0) is 34.7 Å². The topological polar surface area (TPSA) is 106 Å². The highest BCUT2D eigenvalue weighted by atomic mass is 16.6. The Morgan fingerprint density at radius 2 is 2.12 bits per heavy atom. The number of aromatic nitrogens is 1. The van der Waals surface area contributed by atoms with Gasteiger partial charge in [0.2, 0.25) is 5.91 Å². The number of pyridine rings is 1. The second kappa shape index (κ2) is 6.42. The van der Waals surface area contributed by atoms with Crippen molar-refractivity contribution in [1.29, 1.82) is 0 Å². The van der Waals surface area contributed by atoms with Crippen LogP contribution in [0, 0.1) is 16.0 Å². The molecule has 1 aromatic heterocycles. The third kappa shape index (κ3) is 3.15. The quantitative estimate of drug-likeness (QED) is 0.602. The van der Waals surface area contributed by atoms with Crippen molar-refractivity contribution in [2.45, 2.75) is 19.8 Å². The molecular weight excluding hydrogens is 316 g/mol. The lowest BCUT2D eigenvalue weighted by molar-refractivity contribution is -0.389. The number of anilines is 1. The van der Waals surface area contributed by atoms with Crippen molar-refractivity contribution in [2.75, 3.05) is 31.1 Å². The average molecular weight is 334 g/mol. The molecule has 9 nitrogen and oxygen atoms in total. The van der Waals surface area contributed by atoms with E-state index in [4.69, 9.17) is 4.74 Å². The fraction of sp³-hybridized carbons (Fsp3) is 0.533. The number of nitrogens with zero attached hydrogens (tertiary/aromatic N) is 4. The number of ether oxygens (including phenoxy) is 1. The van der Waals surface area contributed by atoms with Crippen LogP contribution in [0.25, 0.3) is 0 Å². The predicted molar refractivity (Wildman–Crippen MR) is 83.7 cm³/mol. The zero-order valence-corrected chi connectivity index (χ0v) is 13.3. The lowest BCUT2D eigenvalue weighted by Crippen LogP contribution is -2.48. The van der Waals surface area contributed by atoms with E-state index in [-0.39, 0.29) is 30.6 Å². The number of piperidine rings is 1. The van der Waals surface area contributed by atoms with Gasteiger partial charge in [0.25, 0.3) is 11.7 Å². The molecule has 0 aromatic carbocycles. The standard InChI is InChI=1S/C15H18N4O5/c1-10-4-6-17(7-5-10)13(20)8-18-14(21)9-24-11-2-3-12(19(22)23)16-15(11)18/h2-3,10H,4-9H2,1H3. The first-order chi connectivity index (χ1) is 11.5. The number of rotatable bonds is 3. The maximum Gasteiger partial charge on any atom is 0.366 e. The number of carbonyl (C=O) groups is 2. The van der Waals surface area contributed by atoms with Crippen LogP contribution in [-0.2, 0) is 9.59 Å². The van der Waals surface area contributed by atoms with Crippen LogP contribution in [0.2, 0.25) is 0 Å². The molecule has 0 unspecified atom stereocenters. The summed E-state index contributed by atoms with van der Waals surface area (Å²) in [4.78, 5) is 41.6. The van der Waals surface area contributed by atoms with Gasteiger partial charge in [-0.3, -0.25) is 14.5 Å². The minimum absolute atomic E-state index is 0.0270. The van der Waals surface area contributed by atoms with Gasteiger partial charge in [0.05, 0.1) is 0 Å². The third-order valence-corrected chi connectivity index (χ3v) is 4.35. The summed E-state index contributed by atoms with van der Waals surface area (Å²) in [5.41, 5.74) is 0. The molecule has 2 aliphatic heterocycles. The molecule has 0 spiro atoms. The van der Waals surface area contributed by atoms with Crippen molar-refractivity contribution in [3.05, 3.63) is 22.2 Å². The Hall–Kier alpha value is -2.71. The molecule has 2 amide bonds. The van der Waals surface area contributed by atoms with Crippen LogP contribution in [0.1, 0.15) is 19.8 Å². The fourth-order valence-corrected chi connectivity index (χ4v) is 2.83. The summed E-state index contributed by atoms with van der Waals surface area (Å²) in [5.74, 6) is -0.134. The molecule has 3 rings (SSSR count). The van der Waals surface area contributed by atoms with Gasteiger partial charge >= 0.3 is 5.82 Å². The highest BCUT2D eigenvalue weighted by molar-refractivity contribution is 6.01. The molecule has 1 fully saturated rings. The SMILES string of the molecule is CC1CCN(C(=O)CN2C(=O)COc3ccc([N+](=O)[O-])nc32)CC1. The molecule has 24 heavy (non-hydrogen) atoms. The van der Waals surface area contributed by atoms with Crippen LogP contribution in [0.3, 0.4) is 0 Å². The first-order valence-corrected chi connectivity index (χ1v) is 7.82. The van der Waals surface area contributed by atoms with Crippen molar-refractivity contribution in [2.24, 2.45) is 5.92 Å². The van der Waals surface area contributed by atoms with Crippen molar-refractivity contribution >= 4 is 23.5 Å². The first-order valence-electron chi connectivity index (χ1n) is 7.82. The summed E-state index contributed by atoms with van der Waals surface area (Å²) in [7, 11) is 0. The first kappa shape index (κ1) is 16.2. The van der Waals surface area contributed by atoms with Crippen LogP contribution < -0.4 is 9.64 Å². The van der Waals surface area contributed by atoms with E-state index >= 15 is 0 Å². The maximum absolute atomic E-state index is 12.5. The minimum atomic E-state index is -0.647. The van der Waals surface area contributed by atoms with Gasteiger partial charge in [-0.1, -0.05) is 6.92 Å². The number of hydrogen-bond acceptors (Lipinski definition) is 6. The van der Waals surface area contributed by atoms with E-state index in [1.54, 1.807) is 4.90 Å². The summed E-state index contributed by atoms with van der Waals surface area (Å²) >= 11 is 0. The Balaban J connectivity index is 1.80. The van der Waals surface area contributed by atoms with E-state index in [0.29, 0.717) is 19.0 Å². The Kier molecular flexibility index (Phi) is 4.32. The van der Waals surface area contributed by atoms with Gasteiger partial charge in [-0.2, -0.15) is 0 Å². The van der Waals surface area contributed by atoms with Gasteiger partial charge in [-0.25, -0.2) is 0 Å². The summed E-state index contributed by atoms with van der Waals surface area (Å²) in [6.45, 7) is 3.07. The summed E-state index contributed by atoms with van der Waals surface area (Å²) in [6.07, 6.45) is 1.87. The number of likely N-dealkylation sites (tertiary alicyclic amines) is 1. The molecule has 0 radical (unpaired) electrons. The Bertz CT molecular complexity index is 684. The molecule has 0 aliphatic carbocycles. The lowest BCUT2D eigenvalue weighted by Gasteiger charge is -2.32. The van der Waals surface area contributed by atoms with Gasteiger partial charge in [0, 0.05) is 19.2 Å². The zero-order chi connectivity index (χ0) is 17.3. The molecule has 1 saturated heterocycles. The zero-order valence-electron chi connectivity index (χ0n) is 13.3. The van der Waals surface area contributed by atoms with E-state index in [2.05, 4.69) is 11.9 Å². The molecule has 9 heteroatoms. The van der Waals surface area contributed by atoms with Crippen LogP contribution in [0.4, 0.5) is 11.6 Å². The van der Waals surface area contributed by atoms with Crippen LogP contribution >= 0.6 is 0 Å². The number of carbonyl (C=O) groups excluding carboxylic acids is 2. The average Bonchev–Trinajstić information content (AvgIpc) is 2.57. The van der Waals surface area contributed by atoms with Gasteiger partial charge in [0.15, 0.2) is 12.4 Å². The number of amides is 2. The van der Waals surface area contributed by atoms with E-state index < -0.39 is 16.6 Å². The van der Waals surface area contributed by atoms with Gasteiger partial charge in [0.1, 0.15) is 6.54 Å². The normalized spacial score (nSPS) is 18.1. The smallest absolute Gasteiger partial charge is 0.366 e. The molecule has 128 valence electrons. The second-order valence-electron chi connectivity index (χ2n) is 6.08. The molecule has 0 N–H and O–H groups in total. The van der Waals surface area contributed by atoms with Crippen LogP contribution in [-0.4, -0.2) is 52.9 Å². The number of nitro groups is 1. The monoisotopic (exact) mass is 334 g/mol. The molecule has 1 aromatic rings. The van der Waals surface area contributed by atoms with Crippen molar-refractivity contribution in [3.8, 4) is 5.75 Å². The van der Waals surface area contributed by atoms with Crippen LogP contribution in [0.15, 0.2) is 12.1 Å². The Morgan fingerprint density at radius 1 is 1.42 bits per heavy atom. The van der Waals surface area contributed by atoms with Gasteiger partial charge in [-0.15, -0.1) is 0 Å². The van der Waals surface area contributed by atoms with Crippen molar-refractivity contribution < 1.29 is 19.2 Å². The molecule has 3 heterocycles. The Labute approximate surface area is 138 Å². The Morgan fingerprint density at radius 3 is 2.79 bits per heavy atom. The second-order valence-corrected chi connectivity index (χ2v) is 6.08. The van der Waals surface area contributed by atoms with Crippen molar-refractivity contribution in [1.82, 2.24) is 9.88 Å². The molecular formula is C15H18N4O5. The number of hydrogen-bond donors (Lipinski definition) is 0.